The van der Waals surface area contributed by atoms with E-state index in [1.165, 1.54) is 11.1 Å². The number of hydrogen-bond acceptors (Lipinski definition) is 6. The third-order valence-electron chi connectivity index (χ3n) is 6.38. The highest BCUT2D eigenvalue weighted by molar-refractivity contribution is 5.85. The van der Waals surface area contributed by atoms with Crippen LogP contribution in [0.5, 0.6) is 0 Å². The van der Waals surface area contributed by atoms with Crippen LogP contribution in [0.15, 0.2) is 60.8 Å². The Morgan fingerprint density at radius 3 is 2.44 bits per heavy atom. The normalized spacial score (nSPS) is 11.0. The first-order valence-electron chi connectivity index (χ1n) is 12.3. The second-order valence-electron chi connectivity index (χ2n) is 8.54. The molecule has 0 radical (unpaired) electrons. The van der Waals surface area contributed by atoms with E-state index in [1.54, 1.807) is 0 Å². The summed E-state index contributed by atoms with van der Waals surface area (Å²) in [5.74, 6) is 1.71. The van der Waals surface area contributed by atoms with E-state index < -0.39 is 0 Å². The molecule has 8 nitrogen and oxygen atoms in total. The minimum Gasteiger partial charge on any atom is -0.357 e. The third-order valence-corrected chi connectivity index (χ3v) is 6.38. The van der Waals surface area contributed by atoms with Crippen molar-refractivity contribution in [2.75, 3.05) is 18.0 Å². The highest BCUT2D eigenvalue weighted by Crippen LogP contribution is 2.33. The summed E-state index contributed by atoms with van der Waals surface area (Å²) in [4.78, 5) is 7.37. The molecular formula is C27H31ClN8. The number of nitrogens with zero attached hydrogens (tertiary/aromatic N) is 7. The quantitative estimate of drug-likeness (QED) is 0.291. The SMILES string of the molecule is CCCc1nc2ccnn2c(N(CC)CC)c1Cc1ccc(-c2ccccc2)c(-c2nn[nH]n2)c1.Cl. The number of nitrogens with one attached hydrogen (secondary N) is 1. The molecule has 186 valence electrons. The Balaban J connectivity index is 0.00000304. The van der Waals surface area contributed by atoms with Gasteiger partial charge in [0.05, 0.1) is 11.9 Å². The Labute approximate surface area is 217 Å². The van der Waals surface area contributed by atoms with Crippen molar-refractivity contribution < 1.29 is 0 Å². The lowest BCUT2D eigenvalue weighted by molar-refractivity contribution is 0.768. The van der Waals surface area contributed by atoms with Gasteiger partial charge in [0.2, 0.25) is 5.82 Å². The van der Waals surface area contributed by atoms with Crippen LogP contribution in [-0.4, -0.2) is 48.3 Å². The lowest BCUT2D eigenvalue weighted by Gasteiger charge is -2.26. The molecule has 0 aliphatic rings. The molecule has 0 unspecified atom stereocenters. The van der Waals surface area contributed by atoms with E-state index >= 15 is 0 Å². The van der Waals surface area contributed by atoms with Crippen LogP contribution in [0.4, 0.5) is 5.82 Å². The number of halogens is 1. The van der Waals surface area contributed by atoms with Crippen LogP contribution in [0.3, 0.4) is 0 Å². The molecule has 5 rings (SSSR count). The van der Waals surface area contributed by atoms with Crippen molar-refractivity contribution in [2.45, 2.75) is 40.0 Å². The second-order valence-corrected chi connectivity index (χ2v) is 8.54. The van der Waals surface area contributed by atoms with Gasteiger partial charge in [-0.3, -0.25) is 0 Å². The van der Waals surface area contributed by atoms with Crippen molar-refractivity contribution in [3.05, 3.63) is 77.6 Å². The Morgan fingerprint density at radius 2 is 1.75 bits per heavy atom. The molecule has 3 aromatic heterocycles. The van der Waals surface area contributed by atoms with Crippen molar-refractivity contribution >= 4 is 23.9 Å². The first kappa shape index (κ1) is 25.3. The second kappa shape index (κ2) is 11.3. The number of aromatic nitrogens is 7. The number of aromatic amines is 1. The molecule has 2 aromatic carbocycles. The molecule has 1 N–H and O–H groups in total. The first-order chi connectivity index (χ1) is 17.2. The molecular weight excluding hydrogens is 472 g/mol. The number of tetrazole rings is 1. The minimum absolute atomic E-state index is 0. The topological polar surface area (TPSA) is 87.9 Å². The van der Waals surface area contributed by atoms with Gasteiger partial charge in [0.15, 0.2) is 5.65 Å². The van der Waals surface area contributed by atoms with E-state index in [1.807, 2.05) is 35.0 Å². The minimum atomic E-state index is 0. The van der Waals surface area contributed by atoms with Crippen molar-refractivity contribution in [1.29, 1.82) is 0 Å². The number of H-pyrrole nitrogens is 1. The smallest absolute Gasteiger partial charge is 0.205 e. The number of benzene rings is 2. The van der Waals surface area contributed by atoms with Crippen molar-refractivity contribution in [3.63, 3.8) is 0 Å². The zero-order chi connectivity index (χ0) is 24.2. The molecule has 9 heteroatoms. The third kappa shape index (κ3) is 4.81. The molecule has 3 heterocycles. The van der Waals surface area contributed by atoms with Gasteiger partial charge in [-0.05, 0) is 48.2 Å². The molecule has 0 saturated heterocycles. The van der Waals surface area contributed by atoms with Crippen LogP contribution < -0.4 is 4.90 Å². The summed E-state index contributed by atoms with van der Waals surface area (Å²) in [6, 6.07) is 18.8. The number of aryl methyl sites for hydroxylation is 1. The number of hydrogen-bond donors (Lipinski definition) is 1. The summed E-state index contributed by atoms with van der Waals surface area (Å²) in [5, 5.41) is 19.6. The summed E-state index contributed by atoms with van der Waals surface area (Å²) < 4.78 is 1.99. The lowest BCUT2D eigenvalue weighted by atomic mass is 9.94. The van der Waals surface area contributed by atoms with Crippen molar-refractivity contribution in [1.82, 2.24) is 35.2 Å². The number of anilines is 1. The van der Waals surface area contributed by atoms with Gasteiger partial charge in [-0.2, -0.15) is 14.8 Å². The Hall–Kier alpha value is -3.78. The van der Waals surface area contributed by atoms with Gasteiger partial charge in [-0.15, -0.1) is 22.6 Å². The summed E-state index contributed by atoms with van der Waals surface area (Å²) in [6.45, 7) is 8.37. The standard InChI is InChI=1S/C27H30N8.ClH/c1-4-10-24-23(27(34(5-2)6-3)35-25(29-24)15-16-28-35)18-19-13-14-21(20-11-8-7-9-12-20)22(17-19)26-30-32-33-31-26;/h7-9,11-17H,4-6,10,18H2,1-3H3,(H,30,31,32,33);1H. The molecule has 0 spiro atoms. The maximum atomic E-state index is 5.00. The van der Waals surface area contributed by atoms with Crippen molar-refractivity contribution in [3.8, 4) is 22.5 Å². The maximum absolute atomic E-state index is 5.00. The van der Waals surface area contributed by atoms with Crippen LogP contribution >= 0.6 is 12.4 Å². The Kier molecular flexibility index (Phi) is 7.95. The molecule has 0 saturated carbocycles. The number of fused-ring (bicyclic) bond motifs is 1. The molecule has 0 aliphatic heterocycles. The van der Waals surface area contributed by atoms with Gasteiger partial charge < -0.3 is 4.90 Å². The molecule has 36 heavy (non-hydrogen) atoms. The van der Waals surface area contributed by atoms with Crippen LogP contribution in [0.2, 0.25) is 0 Å². The predicted molar refractivity (Wildman–Crippen MR) is 146 cm³/mol. The Bertz CT molecular complexity index is 1410. The molecule has 0 bridgehead atoms. The molecule has 0 amide bonds. The van der Waals surface area contributed by atoms with Gasteiger partial charge in [-0.1, -0.05) is 55.8 Å². The van der Waals surface area contributed by atoms with Crippen LogP contribution in [0.1, 0.15) is 44.0 Å². The summed E-state index contributed by atoms with van der Waals surface area (Å²) in [6.07, 6.45) is 4.52. The molecule has 0 fully saturated rings. The van der Waals surface area contributed by atoms with Crippen LogP contribution in [0, 0.1) is 0 Å². The van der Waals surface area contributed by atoms with E-state index in [0.717, 1.165) is 66.2 Å². The van der Waals surface area contributed by atoms with E-state index in [9.17, 15) is 0 Å². The van der Waals surface area contributed by atoms with E-state index in [0.29, 0.717) is 5.82 Å². The average molecular weight is 503 g/mol. The average Bonchev–Trinajstić information content (AvgIpc) is 3.59. The fourth-order valence-corrected chi connectivity index (χ4v) is 4.72. The fraction of sp³-hybridized carbons (Fsp3) is 0.296. The van der Waals surface area contributed by atoms with E-state index in [2.05, 4.69) is 81.7 Å². The van der Waals surface area contributed by atoms with Crippen LogP contribution in [0.25, 0.3) is 28.2 Å². The highest BCUT2D eigenvalue weighted by Gasteiger charge is 2.21. The summed E-state index contributed by atoms with van der Waals surface area (Å²) >= 11 is 0. The van der Waals surface area contributed by atoms with Crippen LogP contribution in [-0.2, 0) is 12.8 Å². The van der Waals surface area contributed by atoms with Gasteiger partial charge >= 0.3 is 0 Å². The lowest BCUT2D eigenvalue weighted by Crippen LogP contribution is -2.27. The Morgan fingerprint density at radius 1 is 0.944 bits per heavy atom. The monoisotopic (exact) mass is 502 g/mol. The fourth-order valence-electron chi connectivity index (χ4n) is 4.72. The van der Waals surface area contributed by atoms with E-state index in [-0.39, 0.29) is 12.4 Å². The zero-order valence-electron chi connectivity index (χ0n) is 20.8. The molecule has 5 aromatic rings. The van der Waals surface area contributed by atoms with Gasteiger partial charge in [0.25, 0.3) is 0 Å². The summed E-state index contributed by atoms with van der Waals surface area (Å²) in [7, 11) is 0. The van der Waals surface area contributed by atoms with Gasteiger partial charge in [0.1, 0.15) is 5.82 Å². The highest BCUT2D eigenvalue weighted by atomic mass is 35.5. The maximum Gasteiger partial charge on any atom is 0.205 e. The molecule has 0 atom stereocenters. The van der Waals surface area contributed by atoms with Gasteiger partial charge in [-0.25, -0.2) is 4.98 Å². The van der Waals surface area contributed by atoms with Crippen molar-refractivity contribution in [2.24, 2.45) is 0 Å². The van der Waals surface area contributed by atoms with Gasteiger partial charge in [0, 0.05) is 36.7 Å². The largest absolute Gasteiger partial charge is 0.357 e. The first-order valence-corrected chi connectivity index (χ1v) is 12.3. The zero-order valence-corrected chi connectivity index (χ0v) is 21.7. The summed E-state index contributed by atoms with van der Waals surface area (Å²) in [5.41, 5.74) is 7.57. The predicted octanol–water partition coefficient (Wildman–Crippen LogP) is 5.39. The molecule has 0 aliphatic carbocycles. The van der Waals surface area contributed by atoms with E-state index in [4.69, 9.17) is 4.98 Å². The number of rotatable bonds is 9.